The molecular weight excluding hydrogens is 205 g/mol. The molecule has 0 amide bonds. The van der Waals surface area contributed by atoms with Gasteiger partial charge in [0.1, 0.15) is 4.84 Å². The molecule has 0 saturated carbocycles. The lowest BCUT2D eigenvalue weighted by Gasteiger charge is -2.28. The SMILES string of the molecule is CC(Cl)Cl.CCN(C(C)C)C(C)C. The molecule has 0 aromatic heterocycles. The van der Waals surface area contributed by atoms with Gasteiger partial charge in [0.2, 0.25) is 0 Å². The molecule has 0 aromatic rings. The Balaban J connectivity index is 0. The van der Waals surface area contributed by atoms with Crippen molar-refractivity contribution in [3.05, 3.63) is 0 Å². The van der Waals surface area contributed by atoms with Crippen LogP contribution < -0.4 is 0 Å². The number of hydrogen-bond donors (Lipinski definition) is 0. The van der Waals surface area contributed by atoms with E-state index in [4.69, 9.17) is 23.2 Å². The van der Waals surface area contributed by atoms with Crippen LogP contribution in [0.25, 0.3) is 0 Å². The summed E-state index contributed by atoms with van der Waals surface area (Å²) >= 11 is 10.1. The Morgan fingerprint density at radius 2 is 1.15 bits per heavy atom. The largest absolute Gasteiger partial charge is 0.299 e. The van der Waals surface area contributed by atoms with E-state index in [1.54, 1.807) is 6.92 Å². The van der Waals surface area contributed by atoms with Gasteiger partial charge in [0.25, 0.3) is 0 Å². The average Bonchev–Trinajstić information content (AvgIpc) is 1.84. The third-order valence-electron chi connectivity index (χ3n) is 1.69. The van der Waals surface area contributed by atoms with E-state index in [0.717, 1.165) is 6.54 Å². The molecule has 0 atom stereocenters. The summed E-state index contributed by atoms with van der Waals surface area (Å²) in [5.41, 5.74) is 0. The molecule has 0 radical (unpaired) electrons. The smallest absolute Gasteiger partial charge is 0.105 e. The van der Waals surface area contributed by atoms with Gasteiger partial charge < -0.3 is 0 Å². The molecule has 0 aliphatic rings. The van der Waals surface area contributed by atoms with Crippen LogP contribution in [-0.2, 0) is 0 Å². The van der Waals surface area contributed by atoms with Crippen molar-refractivity contribution in [2.75, 3.05) is 6.54 Å². The first kappa shape index (κ1) is 16.0. The summed E-state index contributed by atoms with van der Waals surface area (Å²) in [6.45, 7) is 14.0. The lowest BCUT2D eigenvalue weighted by atomic mass is 10.2. The maximum absolute atomic E-state index is 5.04. The van der Waals surface area contributed by atoms with Crippen molar-refractivity contribution in [1.82, 2.24) is 4.90 Å². The number of alkyl halides is 2. The minimum atomic E-state index is -0.222. The van der Waals surface area contributed by atoms with Crippen LogP contribution in [0.4, 0.5) is 0 Å². The first-order chi connectivity index (χ1) is 5.82. The molecule has 0 spiro atoms. The second kappa shape index (κ2) is 9.11. The van der Waals surface area contributed by atoms with E-state index >= 15 is 0 Å². The Labute approximate surface area is 93.4 Å². The minimum Gasteiger partial charge on any atom is -0.299 e. The summed E-state index contributed by atoms with van der Waals surface area (Å²) in [4.78, 5) is 2.24. The van der Waals surface area contributed by atoms with Gasteiger partial charge in [0.15, 0.2) is 0 Å². The monoisotopic (exact) mass is 227 g/mol. The van der Waals surface area contributed by atoms with Crippen LogP contribution in [0.5, 0.6) is 0 Å². The summed E-state index contributed by atoms with van der Waals surface area (Å²) in [5.74, 6) is 0. The van der Waals surface area contributed by atoms with Crippen LogP contribution in [0.2, 0.25) is 0 Å². The normalized spacial score (nSPS) is 11.1. The quantitative estimate of drug-likeness (QED) is 0.661. The zero-order chi connectivity index (χ0) is 11.0. The van der Waals surface area contributed by atoms with Crippen molar-refractivity contribution in [2.45, 2.75) is 58.5 Å². The van der Waals surface area contributed by atoms with Crippen molar-refractivity contribution >= 4 is 23.2 Å². The third-order valence-corrected chi connectivity index (χ3v) is 1.69. The average molecular weight is 228 g/mol. The lowest BCUT2D eigenvalue weighted by molar-refractivity contribution is 0.185. The summed E-state index contributed by atoms with van der Waals surface area (Å²) in [5, 5.41) is 0. The molecule has 0 unspecified atom stereocenters. The van der Waals surface area contributed by atoms with Gasteiger partial charge in [-0.05, 0) is 41.2 Å². The van der Waals surface area contributed by atoms with Crippen molar-refractivity contribution in [3.63, 3.8) is 0 Å². The predicted octanol–water partition coefficient (Wildman–Crippen LogP) is 3.94. The van der Waals surface area contributed by atoms with Crippen LogP contribution in [0.15, 0.2) is 0 Å². The Morgan fingerprint density at radius 1 is 0.923 bits per heavy atom. The van der Waals surface area contributed by atoms with E-state index in [9.17, 15) is 0 Å². The van der Waals surface area contributed by atoms with E-state index in [2.05, 4.69) is 39.5 Å². The number of halogens is 2. The maximum Gasteiger partial charge on any atom is 0.105 e. The van der Waals surface area contributed by atoms with Crippen LogP contribution in [0.1, 0.15) is 41.5 Å². The highest BCUT2D eigenvalue weighted by molar-refractivity contribution is 6.43. The third kappa shape index (κ3) is 12.5. The molecule has 3 heteroatoms. The Kier molecular flexibility index (Phi) is 11.2. The van der Waals surface area contributed by atoms with Gasteiger partial charge in [-0.25, -0.2) is 0 Å². The molecule has 13 heavy (non-hydrogen) atoms. The molecule has 1 nitrogen and oxygen atoms in total. The van der Waals surface area contributed by atoms with E-state index in [1.807, 2.05) is 0 Å². The Bertz CT molecular complexity index is 92.3. The van der Waals surface area contributed by atoms with Gasteiger partial charge in [-0.1, -0.05) is 6.92 Å². The van der Waals surface area contributed by atoms with Crippen LogP contribution >= 0.6 is 23.2 Å². The molecule has 0 aliphatic carbocycles. The highest BCUT2D eigenvalue weighted by atomic mass is 35.5. The standard InChI is InChI=1S/C8H19N.C2H4Cl2/c1-6-9(7(2)3)8(4)5;1-2(3)4/h7-8H,6H2,1-5H3;2H,1H3. The molecule has 0 aromatic carbocycles. The molecular formula is C10H23Cl2N. The predicted molar refractivity (Wildman–Crippen MR) is 63.8 cm³/mol. The topological polar surface area (TPSA) is 3.24 Å². The molecule has 0 fully saturated rings. The van der Waals surface area contributed by atoms with Gasteiger partial charge >= 0.3 is 0 Å². The molecule has 0 N–H and O–H groups in total. The van der Waals surface area contributed by atoms with E-state index in [0.29, 0.717) is 12.1 Å². The summed E-state index contributed by atoms with van der Waals surface area (Å²) in [6.07, 6.45) is 0. The Hall–Kier alpha value is 0.540. The zero-order valence-corrected chi connectivity index (χ0v) is 11.2. The molecule has 0 saturated heterocycles. The highest BCUT2D eigenvalue weighted by Gasteiger charge is 2.08. The van der Waals surface area contributed by atoms with Crippen LogP contribution in [-0.4, -0.2) is 28.4 Å². The Morgan fingerprint density at radius 3 is 1.15 bits per heavy atom. The van der Waals surface area contributed by atoms with Gasteiger partial charge in [0.05, 0.1) is 0 Å². The van der Waals surface area contributed by atoms with Gasteiger partial charge in [-0.2, -0.15) is 0 Å². The van der Waals surface area contributed by atoms with Crippen molar-refractivity contribution < 1.29 is 0 Å². The fourth-order valence-electron chi connectivity index (χ4n) is 1.33. The number of hydrogen-bond acceptors (Lipinski definition) is 1. The first-order valence-corrected chi connectivity index (χ1v) is 5.74. The van der Waals surface area contributed by atoms with Gasteiger partial charge in [-0.15, -0.1) is 23.2 Å². The fourth-order valence-corrected chi connectivity index (χ4v) is 1.33. The minimum absolute atomic E-state index is 0.222. The number of nitrogens with zero attached hydrogens (tertiary/aromatic N) is 1. The molecule has 0 bridgehead atoms. The van der Waals surface area contributed by atoms with E-state index in [-0.39, 0.29) is 4.84 Å². The summed E-state index contributed by atoms with van der Waals surface area (Å²) < 4.78 is 0. The second-order valence-electron chi connectivity index (χ2n) is 3.54. The molecule has 0 aliphatic heterocycles. The van der Waals surface area contributed by atoms with Crippen molar-refractivity contribution in [1.29, 1.82) is 0 Å². The van der Waals surface area contributed by atoms with E-state index in [1.165, 1.54) is 0 Å². The lowest BCUT2D eigenvalue weighted by Crippen LogP contribution is -2.36. The molecule has 0 rings (SSSR count). The number of rotatable bonds is 3. The van der Waals surface area contributed by atoms with Gasteiger partial charge in [-0.3, -0.25) is 4.90 Å². The first-order valence-electron chi connectivity index (χ1n) is 4.86. The van der Waals surface area contributed by atoms with Gasteiger partial charge in [0, 0.05) is 12.1 Å². The van der Waals surface area contributed by atoms with E-state index < -0.39 is 0 Å². The summed E-state index contributed by atoms with van der Waals surface area (Å²) in [7, 11) is 0. The molecule has 0 heterocycles. The highest BCUT2D eigenvalue weighted by Crippen LogP contribution is 2.02. The fraction of sp³-hybridized carbons (Fsp3) is 1.00. The second-order valence-corrected chi connectivity index (χ2v) is 5.07. The van der Waals surface area contributed by atoms with Crippen LogP contribution in [0, 0.1) is 0 Å². The summed E-state index contributed by atoms with van der Waals surface area (Å²) in [6, 6.07) is 1.38. The maximum atomic E-state index is 5.04. The van der Waals surface area contributed by atoms with Crippen molar-refractivity contribution in [2.24, 2.45) is 0 Å². The van der Waals surface area contributed by atoms with Crippen molar-refractivity contribution in [3.8, 4) is 0 Å². The molecule has 82 valence electrons. The zero-order valence-electron chi connectivity index (χ0n) is 9.64. The van der Waals surface area contributed by atoms with Crippen LogP contribution in [0.3, 0.4) is 0 Å².